The van der Waals surface area contributed by atoms with E-state index in [1.807, 2.05) is 0 Å². The second-order valence-electron chi connectivity index (χ2n) is 4.44. The van der Waals surface area contributed by atoms with Crippen molar-refractivity contribution in [1.82, 2.24) is 0 Å². The predicted octanol–water partition coefficient (Wildman–Crippen LogP) is 2.90. The molecule has 0 aliphatic carbocycles. The molecule has 0 aliphatic rings. The average molecular weight is 291 g/mol. The van der Waals surface area contributed by atoms with Gasteiger partial charge >= 0.3 is 0 Å². The minimum absolute atomic E-state index is 0.346. The highest BCUT2D eigenvalue weighted by Crippen LogP contribution is 2.37. The molecular weight excluding hydrogens is 273 g/mol. The van der Waals surface area contributed by atoms with Gasteiger partial charge in [-0.1, -0.05) is 12.1 Å². The maximum absolute atomic E-state index is 14.2. The molecule has 1 atom stereocenters. The smallest absolute Gasteiger partial charge is 0.132 e. The molecule has 0 spiro atoms. The highest BCUT2D eigenvalue weighted by molar-refractivity contribution is 5.51. The summed E-state index contributed by atoms with van der Waals surface area (Å²) in [6.07, 6.45) is 0. The number of halogens is 1. The summed E-state index contributed by atoms with van der Waals surface area (Å²) in [6.45, 7) is 0. The van der Waals surface area contributed by atoms with Crippen LogP contribution >= 0.6 is 0 Å². The average Bonchev–Trinajstić information content (AvgIpc) is 2.53. The van der Waals surface area contributed by atoms with Gasteiger partial charge in [-0.2, -0.15) is 0 Å². The molecule has 0 bridgehead atoms. The molecular formula is C16H18FNO3. The normalized spacial score (nSPS) is 11.9. The summed E-state index contributed by atoms with van der Waals surface area (Å²) in [5.41, 5.74) is 7.17. The zero-order chi connectivity index (χ0) is 15.4. The molecule has 2 rings (SSSR count). The van der Waals surface area contributed by atoms with Crippen LogP contribution in [0.3, 0.4) is 0 Å². The lowest BCUT2D eigenvalue weighted by Crippen LogP contribution is -2.16. The van der Waals surface area contributed by atoms with E-state index in [4.69, 9.17) is 19.9 Å². The van der Waals surface area contributed by atoms with E-state index >= 15 is 0 Å². The van der Waals surface area contributed by atoms with E-state index in [9.17, 15) is 4.39 Å². The van der Waals surface area contributed by atoms with Gasteiger partial charge < -0.3 is 19.9 Å². The third kappa shape index (κ3) is 2.92. The summed E-state index contributed by atoms with van der Waals surface area (Å²) >= 11 is 0. The Kier molecular flexibility index (Phi) is 4.65. The fourth-order valence-electron chi connectivity index (χ4n) is 2.23. The van der Waals surface area contributed by atoms with Crippen molar-refractivity contribution in [3.63, 3.8) is 0 Å². The minimum atomic E-state index is -0.706. The Bertz CT molecular complexity index is 609. The summed E-state index contributed by atoms with van der Waals surface area (Å²) in [5, 5.41) is 0. The van der Waals surface area contributed by atoms with E-state index in [1.165, 1.54) is 27.4 Å². The van der Waals surface area contributed by atoms with Crippen LogP contribution in [-0.4, -0.2) is 21.3 Å². The van der Waals surface area contributed by atoms with Crippen molar-refractivity contribution in [2.45, 2.75) is 6.04 Å². The van der Waals surface area contributed by atoms with E-state index in [2.05, 4.69) is 0 Å². The van der Waals surface area contributed by atoms with Gasteiger partial charge in [0.15, 0.2) is 0 Å². The number of rotatable bonds is 5. The molecule has 1 unspecified atom stereocenters. The van der Waals surface area contributed by atoms with Crippen molar-refractivity contribution >= 4 is 0 Å². The molecule has 0 radical (unpaired) electrons. The fraction of sp³-hybridized carbons (Fsp3) is 0.250. The lowest BCUT2D eigenvalue weighted by molar-refractivity contribution is 0.381. The molecule has 0 fully saturated rings. The molecule has 0 aliphatic heterocycles. The van der Waals surface area contributed by atoms with E-state index in [-0.39, 0.29) is 0 Å². The van der Waals surface area contributed by atoms with Crippen molar-refractivity contribution in [1.29, 1.82) is 0 Å². The first-order valence-electron chi connectivity index (χ1n) is 6.42. The first kappa shape index (κ1) is 15.1. The molecule has 2 N–H and O–H groups in total. The Morgan fingerprint density at radius 1 is 0.952 bits per heavy atom. The number of hydrogen-bond donors (Lipinski definition) is 1. The summed E-state index contributed by atoms with van der Waals surface area (Å²) in [5.74, 6) is 1.11. The largest absolute Gasteiger partial charge is 0.497 e. The molecule has 0 aromatic heterocycles. The van der Waals surface area contributed by atoms with Crippen LogP contribution < -0.4 is 19.9 Å². The second kappa shape index (κ2) is 6.45. The Morgan fingerprint density at radius 3 is 2.05 bits per heavy atom. The van der Waals surface area contributed by atoms with Crippen LogP contribution in [0.4, 0.5) is 4.39 Å². The van der Waals surface area contributed by atoms with Crippen LogP contribution in [0, 0.1) is 5.82 Å². The van der Waals surface area contributed by atoms with Crippen LogP contribution in [0.5, 0.6) is 17.2 Å². The zero-order valence-electron chi connectivity index (χ0n) is 12.2. The molecule has 21 heavy (non-hydrogen) atoms. The number of hydrogen-bond acceptors (Lipinski definition) is 4. The first-order chi connectivity index (χ1) is 10.1. The van der Waals surface area contributed by atoms with Crippen molar-refractivity contribution in [2.24, 2.45) is 5.73 Å². The van der Waals surface area contributed by atoms with E-state index in [0.717, 1.165) is 0 Å². The number of ether oxygens (including phenoxy) is 3. The molecule has 4 nitrogen and oxygen atoms in total. The second-order valence-corrected chi connectivity index (χ2v) is 4.44. The molecule has 0 saturated carbocycles. The number of benzene rings is 2. The molecule has 5 heteroatoms. The number of nitrogens with two attached hydrogens (primary N) is 1. The quantitative estimate of drug-likeness (QED) is 0.920. The monoisotopic (exact) mass is 291 g/mol. The topological polar surface area (TPSA) is 53.7 Å². The Labute approximate surface area is 123 Å². The molecule has 0 heterocycles. The van der Waals surface area contributed by atoms with Gasteiger partial charge in [-0.3, -0.25) is 0 Å². The van der Waals surface area contributed by atoms with Gasteiger partial charge in [0, 0.05) is 11.6 Å². The van der Waals surface area contributed by atoms with Crippen LogP contribution in [0.15, 0.2) is 36.4 Å². The van der Waals surface area contributed by atoms with Gasteiger partial charge in [0.05, 0.1) is 32.9 Å². The standard InChI is InChI=1S/C16H18FNO3/c1-19-10-7-8-11(12(17)9-10)16(18)15-13(20-2)5-4-6-14(15)21-3/h4-9,16H,18H2,1-3H3. The zero-order valence-corrected chi connectivity index (χ0v) is 12.2. The summed E-state index contributed by atoms with van der Waals surface area (Å²) in [4.78, 5) is 0. The Hall–Kier alpha value is -2.27. The van der Waals surface area contributed by atoms with Crippen molar-refractivity contribution in [2.75, 3.05) is 21.3 Å². The summed E-state index contributed by atoms with van der Waals surface area (Å²) in [7, 11) is 4.56. The lowest BCUT2D eigenvalue weighted by atomic mass is 9.97. The first-order valence-corrected chi connectivity index (χ1v) is 6.42. The van der Waals surface area contributed by atoms with Crippen LogP contribution in [0.25, 0.3) is 0 Å². The highest BCUT2D eigenvalue weighted by atomic mass is 19.1. The van der Waals surface area contributed by atoms with E-state index in [1.54, 1.807) is 30.3 Å². The summed E-state index contributed by atoms with van der Waals surface area (Å²) in [6, 6.07) is 9.18. The van der Waals surface area contributed by atoms with Crippen molar-refractivity contribution < 1.29 is 18.6 Å². The van der Waals surface area contributed by atoms with Crippen LogP contribution in [0.1, 0.15) is 17.2 Å². The molecule has 0 amide bonds. The van der Waals surface area contributed by atoms with Gasteiger partial charge in [-0.05, 0) is 18.2 Å². The van der Waals surface area contributed by atoms with Crippen molar-refractivity contribution in [3.8, 4) is 17.2 Å². The van der Waals surface area contributed by atoms with Gasteiger partial charge in [0.2, 0.25) is 0 Å². The van der Waals surface area contributed by atoms with E-state index < -0.39 is 11.9 Å². The SMILES string of the molecule is COc1ccc(C(N)c2c(OC)cccc2OC)c(F)c1. The molecule has 0 saturated heterocycles. The molecule has 2 aromatic carbocycles. The van der Waals surface area contributed by atoms with Crippen molar-refractivity contribution in [3.05, 3.63) is 53.3 Å². The van der Waals surface area contributed by atoms with Gasteiger partial charge in [-0.15, -0.1) is 0 Å². The minimum Gasteiger partial charge on any atom is -0.497 e. The fourth-order valence-corrected chi connectivity index (χ4v) is 2.23. The molecule has 112 valence electrons. The van der Waals surface area contributed by atoms with Gasteiger partial charge in [0.1, 0.15) is 23.1 Å². The Morgan fingerprint density at radius 2 is 1.57 bits per heavy atom. The van der Waals surface area contributed by atoms with Crippen LogP contribution in [-0.2, 0) is 0 Å². The third-order valence-electron chi connectivity index (χ3n) is 3.32. The Balaban J connectivity index is 2.51. The van der Waals surface area contributed by atoms with E-state index in [0.29, 0.717) is 28.4 Å². The number of methoxy groups -OCH3 is 3. The third-order valence-corrected chi connectivity index (χ3v) is 3.32. The maximum atomic E-state index is 14.2. The lowest BCUT2D eigenvalue weighted by Gasteiger charge is -2.20. The predicted molar refractivity (Wildman–Crippen MR) is 78.5 cm³/mol. The van der Waals surface area contributed by atoms with Gasteiger partial charge in [0.25, 0.3) is 0 Å². The molecule has 2 aromatic rings. The summed E-state index contributed by atoms with van der Waals surface area (Å²) < 4.78 is 29.8. The van der Waals surface area contributed by atoms with Crippen LogP contribution in [0.2, 0.25) is 0 Å². The highest BCUT2D eigenvalue weighted by Gasteiger charge is 2.22. The maximum Gasteiger partial charge on any atom is 0.132 e. The van der Waals surface area contributed by atoms with Gasteiger partial charge in [-0.25, -0.2) is 4.39 Å².